The van der Waals surface area contributed by atoms with Crippen LogP contribution in [0.2, 0.25) is 0 Å². The zero-order valence-electron chi connectivity index (χ0n) is 8.96. The van der Waals surface area contributed by atoms with Gasteiger partial charge < -0.3 is 4.74 Å². The molecule has 0 saturated heterocycles. The Morgan fingerprint density at radius 3 is 2.82 bits per heavy atom. The van der Waals surface area contributed by atoms with E-state index >= 15 is 0 Å². The van der Waals surface area contributed by atoms with Crippen LogP contribution in [-0.4, -0.2) is 9.97 Å². The van der Waals surface area contributed by atoms with Crippen molar-refractivity contribution in [2.75, 3.05) is 0 Å². The van der Waals surface area contributed by atoms with Gasteiger partial charge in [-0.2, -0.15) is 0 Å². The van der Waals surface area contributed by atoms with Gasteiger partial charge in [0.2, 0.25) is 0 Å². The molecule has 0 aliphatic carbocycles. The fraction of sp³-hybridized carbons (Fsp3) is 0.0769. The van der Waals surface area contributed by atoms with Gasteiger partial charge in [0.05, 0.1) is 5.38 Å². The van der Waals surface area contributed by atoms with E-state index in [-0.39, 0.29) is 0 Å². The molecule has 0 N–H and O–H groups in total. The highest BCUT2D eigenvalue weighted by molar-refractivity contribution is 7.17. The highest BCUT2D eigenvalue weighted by Crippen LogP contribution is 2.31. The first-order chi connectivity index (χ1) is 8.43. The van der Waals surface area contributed by atoms with Crippen molar-refractivity contribution in [2.24, 2.45) is 0 Å². The first kappa shape index (κ1) is 10.2. The number of rotatable bonds is 3. The molecule has 2 aromatic heterocycles. The van der Waals surface area contributed by atoms with Crippen LogP contribution < -0.4 is 4.74 Å². The lowest BCUT2D eigenvalue weighted by molar-refractivity contribution is 0.300. The molecule has 0 bridgehead atoms. The van der Waals surface area contributed by atoms with Crippen LogP contribution in [0.1, 0.15) is 5.82 Å². The third-order valence-electron chi connectivity index (χ3n) is 2.35. The van der Waals surface area contributed by atoms with Crippen molar-refractivity contribution in [3.8, 4) is 5.75 Å². The van der Waals surface area contributed by atoms with Gasteiger partial charge >= 0.3 is 0 Å². The molecular weight excluding hydrogens is 232 g/mol. The Balaban J connectivity index is 1.82. The summed E-state index contributed by atoms with van der Waals surface area (Å²) in [5.41, 5.74) is 0. The number of thiophene rings is 1. The summed E-state index contributed by atoms with van der Waals surface area (Å²) < 4.78 is 6.85. The lowest BCUT2D eigenvalue weighted by atomic mass is 10.2. The van der Waals surface area contributed by atoms with Gasteiger partial charge in [-0.05, 0) is 18.2 Å². The quantitative estimate of drug-likeness (QED) is 0.707. The molecule has 1 aromatic carbocycles. The third-order valence-corrected chi connectivity index (χ3v) is 3.21. The van der Waals surface area contributed by atoms with Crippen LogP contribution >= 0.6 is 11.3 Å². The van der Waals surface area contributed by atoms with E-state index in [4.69, 9.17) is 4.74 Å². The van der Waals surface area contributed by atoms with E-state index in [1.165, 1.54) is 4.70 Å². The number of hydrogen-bond acceptors (Lipinski definition) is 4. The van der Waals surface area contributed by atoms with Crippen molar-refractivity contribution < 1.29 is 4.74 Å². The summed E-state index contributed by atoms with van der Waals surface area (Å²) in [4.78, 5) is 8.22. The molecule has 17 heavy (non-hydrogen) atoms. The highest BCUT2D eigenvalue weighted by atomic mass is 32.1. The van der Waals surface area contributed by atoms with Crippen LogP contribution in [0.3, 0.4) is 0 Å². The summed E-state index contributed by atoms with van der Waals surface area (Å²) >= 11 is 1.56. The molecule has 3 rings (SSSR count). The number of ether oxygens (including phenoxy) is 1. The third kappa shape index (κ3) is 2.12. The van der Waals surface area contributed by atoms with Gasteiger partial charge in [-0.25, -0.2) is 9.97 Å². The van der Waals surface area contributed by atoms with Crippen LogP contribution in [0.4, 0.5) is 0 Å². The number of nitrogens with zero attached hydrogens (tertiary/aromatic N) is 2. The van der Waals surface area contributed by atoms with E-state index in [1.54, 1.807) is 29.8 Å². The maximum absolute atomic E-state index is 5.68. The summed E-state index contributed by atoms with van der Waals surface area (Å²) in [6.07, 6.45) is 3.42. The largest absolute Gasteiger partial charge is 0.483 e. The van der Waals surface area contributed by atoms with Crippen molar-refractivity contribution in [3.05, 3.63) is 53.9 Å². The molecule has 0 fully saturated rings. The number of benzene rings is 1. The molecule has 0 aliphatic rings. The van der Waals surface area contributed by atoms with E-state index in [0.29, 0.717) is 12.4 Å². The Bertz CT molecular complexity index is 621. The Hall–Kier alpha value is -1.94. The maximum atomic E-state index is 5.68. The zero-order chi connectivity index (χ0) is 11.5. The fourth-order valence-electron chi connectivity index (χ4n) is 1.55. The summed E-state index contributed by atoms with van der Waals surface area (Å²) in [7, 11) is 0. The fourth-order valence-corrected chi connectivity index (χ4v) is 2.34. The minimum absolute atomic E-state index is 0.373. The lowest BCUT2D eigenvalue weighted by Gasteiger charge is -2.02. The predicted octanol–water partition coefficient (Wildman–Crippen LogP) is 3.07. The van der Waals surface area contributed by atoms with E-state index in [9.17, 15) is 0 Å². The van der Waals surface area contributed by atoms with E-state index < -0.39 is 0 Å². The topological polar surface area (TPSA) is 35.0 Å². The molecule has 3 nitrogen and oxygen atoms in total. The zero-order valence-corrected chi connectivity index (χ0v) is 9.78. The van der Waals surface area contributed by atoms with Gasteiger partial charge in [0, 0.05) is 22.5 Å². The molecule has 83 valence electrons. The molecular formula is C13H9N2OS. The van der Waals surface area contributed by atoms with Gasteiger partial charge in [-0.1, -0.05) is 12.1 Å². The van der Waals surface area contributed by atoms with Crippen LogP contribution in [0.15, 0.2) is 42.7 Å². The predicted molar refractivity (Wildman–Crippen MR) is 67.0 cm³/mol. The summed E-state index contributed by atoms with van der Waals surface area (Å²) in [5, 5.41) is 4.24. The molecule has 0 aliphatic heterocycles. The molecule has 0 unspecified atom stereocenters. The molecule has 4 heteroatoms. The van der Waals surface area contributed by atoms with Crippen LogP contribution in [0.5, 0.6) is 5.75 Å². The Labute approximate surface area is 103 Å². The number of aromatic nitrogens is 2. The summed E-state index contributed by atoms with van der Waals surface area (Å²) in [6.45, 7) is 0.373. The van der Waals surface area contributed by atoms with Gasteiger partial charge in [-0.15, -0.1) is 11.3 Å². The Morgan fingerprint density at radius 2 is 1.94 bits per heavy atom. The SMILES string of the molecule is [c]1sc2ccccc2c1OCc1ncccn1. The molecule has 2 heterocycles. The van der Waals surface area contributed by atoms with Crippen molar-refractivity contribution in [1.82, 2.24) is 9.97 Å². The van der Waals surface area contributed by atoms with Crippen LogP contribution in [-0.2, 0) is 6.61 Å². The van der Waals surface area contributed by atoms with Gasteiger partial charge in [0.15, 0.2) is 5.82 Å². The average molecular weight is 241 g/mol. The van der Waals surface area contributed by atoms with Gasteiger partial charge in [-0.3, -0.25) is 0 Å². The highest BCUT2D eigenvalue weighted by Gasteiger charge is 2.05. The smallest absolute Gasteiger partial charge is 0.166 e. The molecule has 0 amide bonds. The number of fused-ring (bicyclic) bond motifs is 1. The van der Waals surface area contributed by atoms with Crippen molar-refractivity contribution in [3.63, 3.8) is 0 Å². The van der Waals surface area contributed by atoms with E-state index in [1.807, 2.05) is 18.2 Å². The second kappa shape index (κ2) is 4.51. The molecule has 0 saturated carbocycles. The van der Waals surface area contributed by atoms with Crippen molar-refractivity contribution in [2.45, 2.75) is 6.61 Å². The Morgan fingerprint density at radius 1 is 1.12 bits per heavy atom. The first-order valence-electron chi connectivity index (χ1n) is 5.21. The normalized spacial score (nSPS) is 10.6. The number of hydrogen-bond donors (Lipinski definition) is 0. The standard InChI is InChI=1S/C13H9N2OS/c1-2-5-12-10(4-1)11(9-17-12)16-8-13-14-6-3-7-15-13/h1-7H,8H2. The lowest BCUT2D eigenvalue weighted by Crippen LogP contribution is -1.99. The molecule has 3 aromatic rings. The molecule has 0 spiro atoms. The van der Waals surface area contributed by atoms with Crippen LogP contribution in [0, 0.1) is 5.38 Å². The van der Waals surface area contributed by atoms with Gasteiger partial charge in [0.25, 0.3) is 0 Å². The van der Waals surface area contributed by atoms with E-state index in [2.05, 4.69) is 21.4 Å². The first-order valence-corrected chi connectivity index (χ1v) is 6.03. The molecule has 1 radical (unpaired) electrons. The van der Waals surface area contributed by atoms with E-state index in [0.717, 1.165) is 11.1 Å². The Kier molecular flexibility index (Phi) is 2.71. The second-order valence-electron chi connectivity index (χ2n) is 3.48. The van der Waals surface area contributed by atoms with Crippen molar-refractivity contribution >= 4 is 21.4 Å². The molecule has 0 atom stereocenters. The second-order valence-corrected chi connectivity index (χ2v) is 4.33. The minimum Gasteiger partial charge on any atom is -0.483 e. The maximum Gasteiger partial charge on any atom is 0.166 e. The monoisotopic (exact) mass is 241 g/mol. The minimum atomic E-state index is 0.373. The van der Waals surface area contributed by atoms with Crippen molar-refractivity contribution in [1.29, 1.82) is 0 Å². The average Bonchev–Trinajstić information content (AvgIpc) is 2.81. The summed E-state index contributed by atoms with van der Waals surface area (Å²) in [5.74, 6) is 1.45. The van der Waals surface area contributed by atoms with Crippen LogP contribution in [0.25, 0.3) is 10.1 Å². The summed E-state index contributed by atoms with van der Waals surface area (Å²) in [6, 6.07) is 9.88. The van der Waals surface area contributed by atoms with Gasteiger partial charge in [0.1, 0.15) is 12.4 Å².